The summed E-state index contributed by atoms with van der Waals surface area (Å²) in [5, 5.41) is 23.4. The normalized spacial score (nSPS) is 49.0. The molecule has 3 saturated carbocycles. The number of allylic oxidation sites excluding steroid dienone is 1. The van der Waals surface area contributed by atoms with Gasteiger partial charge in [-0.2, -0.15) is 0 Å². The Hall–Kier alpha value is -0.493. The molecule has 0 spiro atoms. The number of rotatable bonds is 2. The molecular formula is C26H44O4Si. The highest BCUT2D eigenvalue weighted by atomic mass is 28.4. The zero-order valence-electron chi connectivity index (χ0n) is 21.2. The highest BCUT2D eigenvalue weighted by molar-refractivity contribution is 6.74. The van der Waals surface area contributed by atoms with Crippen LogP contribution in [0.3, 0.4) is 0 Å². The van der Waals surface area contributed by atoms with Gasteiger partial charge in [0.05, 0.1) is 12.2 Å². The maximum absolute atomic E-state index is 12.6. The predicted octanol–water partition coefficient (Wildman–Crippen LogP) is 4.95. The van der Waals surface area contributed by atoms with Crippen molar-refractivity contribution in [3.05, 3.63) is 11.6 Å². The quantitative estimate of drug-likeness (QED) is 0.587. The molecule has 0 aliphatic heterocycles. The SMILES string of the molecule is C[C@H]1[C@@H](O[Si](C)(C)C(C)(C)C)[C@H]2[C@H]3[C@@H](C[C@@H](C)[C@]2(C)C2=CC(=O)C[C@@]2(O)[C@@H]1O)C3(C)C. The van der Waals surface area contributed by atoms with E-state index >= 15 is 0 Å². The van der Waals surface area contributed by atoms with Gasteiger partial charge in [0.2, 0.25) is 0 Å². The Labute approximate surface area is 190 Å². The first-order valence-electron chi connectivity index (χ1n) is 12.2. The third-order valence-corrected chi connectivity index (χ3v) is 15.2. The van der Waals surface area contributed by atoms with Crippen LogP contribution in [0.2, 0.25) is 18.1 Å². The number of hydrogen-bond acceptors (Lipinski definition) is 4. The van der Waals surface area contributed by atoms with Crippen molar-refractivity contribution >= 4 is 14.1 Å². The molecule has 4 aliphatic carbocycles. The minimum Gasteiger partial charge on any atom is -0.413 e. The van der Waals surface area contributed by atoms with Crippen molar-refractivity contribution in [3.8, 4) is 0 Å². The van der Waals surface area contributed by atoms with E-state index in [1.807, 2.05) is 6.92 Å². The average Bonchev–Trinajstić information content (AvgIpc) is 2.99. The summed E-state index contributed by atoms with van der Waals surface area (Å²) in [7, 11) is -2.13. The average molecular weight is 449 g/mol. The maximum Gasteiger partial charge on any atom is 0.192 e. The van der Waals surface area contributed by atoms with Crippen LogP contribution in [0.25, 0.3) is 0 Å². The fraction of sp³-hybridized carbons (Fsp3) is 0.885. The monoisotopic (exact) mass is 448 g/mol. The summed E-state index contributed by atoms with van der Waals surface area (Å²) < 4.78 is 7.17. The fourth-order valence-electron chi connectivity index (χ4n) is 7.49. The second-order valence-corrected chi connectivity index (χ2v) is 18.4. The van der Waals surface area contributed by atoms with Crippen molar-refractivity contribution in [1.82, 2.24) is 0 Å². The van der Waals surface area contributed by atoms with Crippen LogP contribution in [-0.2, 0) is 9.22 Å². The molecule has 2 N–H and O–H groups in total. The molecule has 5 heteroatoms. The fourth-order valence-corrected chi connectivity index (χ4v) is 8.89. The first-order chi connectivity index (χ1) is 13.9. The molecule has 3 fully saturated rings. The number of aliphatic hydroxyl groups is 2. The topological polar surface area (TPSA) is 66.8 Å². The second-order valence-electron chi connectivity index (χ2n) is 13.7. The number of carbonyl (C=O) groups excluding carboxylic acids is 1. The number of fused-ring (bicyclic) bond motifs is 5. The van der Waals surface area contributed by atoms with Crippen molar-refractivity contribution in [2.24, 2.45) is 40.4 Å². The van der Waals surface area contributed by atoms with Crippen LogP contribution < -0.4 is 0 Å². The molecular weight excluding hydrogens is 404 g/mol. The highest BCUT2D eigenvalue weighted by Gasteiger charge is 2.74. The first kappa shape index (κ1) is 23.7. The Morgan fingerprint density at radius 2 is 1.71 bits per heavy atom. The van der Waals surface area contributed by atoms with Gasteiger partial charge in [0, 0.05) is 12.3 Å². The zero-order valence-corrected chi connectivity index (χ0v) is 22.2. The van der Waals surface area contributed by atoms with E-state index in [9.17, 15) is 15.0 Å². The molecule has 0 bridgehead atoms. The van der Waals surface area contributed by atoms with E-state index in [1.54, 1.807) is 6.08 Å². The Morgan fingerprint density at radius 1 is 1.13 bits per heavy atom. The molecule has 0 amide bonds. The molecule has 0 saturated heterocycles. The maximum atomic E-state index is 12.6. The van der Waals surface area contributed by atoms with Gasteiger partial charge in [-0.3, -0.25) is 4.79 Å². The van der Waals surface area contributed by atoms with Gasteiger partial charge >= 0.3 is 0 Å². The van der Waals surface area contributed by atoms with Crippen molar-refractivity contribution in [2.75, 3.05) is 0 Å². The van der Waals surface area contributed by atoms with E-state index in [4.69, 9.17) is 4.43 Å². The molecule has 0 heterocycles. The molecule has 0 aromatic rings. The molecule has 4 nitrogen and oxygen atoms in total. The summed E-state index contributed by atoms with van der Waals surface area (Å²) >= 11 is 0. The van der Waals surface area contributed by atoms with Crippen LogP contribution in [0.1, 0.15) is 68.2 Å². The van der Waals surface area contributed by atoms with Crippen molar-refractivity contribution in [1.29, 1.82) is 0 Å². The molecule has 176 valence electrons. The molecule has 4 aliphatic rings. The number of carbonyl (C=O) groups is 1. The van der Waals surface area contributed by atoms with E-state index in [-0.39, 0.29) is 46.0 Å². The number of hydrogen-bond donors (Lipinski definition) is 2. The Morgan fingerprint density at radius 3 is 2.26 bits per heavy atom. The van der Waals surface area contributed by atoms with E-state index in [2.05, 4.69) is 61.6 Å². The van der Waals surface area contributed by atoms with Crippen LogP contribution in [0.15, 0.2) is 11.6 Å². The van der Waals surface area contributed by atoms with Crippen LogP contribution in [0, 0.1) is 40.4 Å². The summed E-state index contributed by atoms with van der Waals surface area (Å²) in [6.07, 6.45) is 1.64. The van der Waals surface area contributed by atoms with Crippen LogP contribution in [-0.4, -0.2) is 42.1 Å². The van der Waals surface area contributed by atoms with Gasteiger partial charge in [0.25, 0.3) is 0 Å². The van der Waals surface area contributed by atoms with E-state index in [1.165, 1.54) is 0 Å². The van der Waals surface area contributed by atoms with Gasteiger partial charge in [-0.1, -0.05) is 55.4 Å². The lowest BCUT2D eigenvalue weighted by Gasteiger charge is -2.52. The van der Waals surface area contributed by atoms with E-state index < -0.39 is 20.0 Å². The van der Waals surface area contributed by atoms with Gasteiger partial charge in [-0.15, -0.1) is 0 Å². The standard InChI is InChI=1S/C26H44O4Si/c1-14-11-17-19(24(17,6)7)20-21(30-31(9,10)23(3,4)5)15(2)22(28)26(29)13-16(27)12-18(26)25(14,20)8/h12,14-15,17,19-22,28-29H,11,13H2,1-10H3/t14-,15+,17-,19-,20-,21-,22-,25-,26+/m1/s1. The predicted molar refractivity (Wildman–Crippen MR) is 126 cm³/mol. The third-order valence-electron chi connectivity index (χ3n) is 10.7. The minimum absolute atomic E-state index is 0.00678. The van der Waals surface area contributed by atoms with Crippen LogP contribution in [0.4, 0.5) is 0 Å². The largest absolute Gasteiger partial charge is 0.413 e. The van der Waals surface area contributed by atoms with Crippen LogP contribution in [0.5, 0.6) is 0 Å². The number of ketones is 1. The highest BCUT2D eigenvalue weighted by Crippen LogP contribution is 2.76. The number of aliphatic hydroxyl groups excluding tert-OH is 1. The minimum atomic E-state index is -2.13. The third kappa shape index (κ3) is 2.98. The lowest BCUT2D eigenvalue weighted by molar-refractivity contribution is -0.124. The zero-order chi connectivity index (χ0) is 23.5. The smallest absolute Gasteiger partial charge is 0.192 e. The summed E-state index contributed by atoms with van der Waals surface area (Å²) in [6, 6.07) is 0. The van der Waals surface area contributed by atoms with Gasteiger partial charge in [0.1, 0.15) is 5.60 Å². The summed E-state index contributed by atoms with van der Waals surface area (Å²) in [4.78, 5) is 12.6. The molecule has 0 aromatic heterocycles. The first-order valence-corrected chi connectivity index (χ1v) is 15.1. The Kier molecular flexibility index (Phi) is 5.00. The summed E-state index contributed by atoms with van der Waals surface area (Å²) in [6.45, 7) is 22.7. The lowest BCUT2D eigenvalue weighted by Crippen LogP contribution is -2.54. The summed E-state index contributed by atoms with van der Waals surface area (Å²) in [5.74, 6) is 1.31. The van der Waals surface area contributed by atoms with Crippen molar-refractivity contribution < 1.29 is 19.4 Å². The molecule has 4 rings (SSSR count). The van der Waals surface area contributed by atoms with E-state index in [0.717, 1.165) is 12.0 Å². The van der Waals surface area contributed by atoms with Gasteiger partial charge in [-0.05, 0) is 70.7 Å². The summed E-state index contributed by atoms with van der Waals surface area (Å²) in [5.41, 5.74) is -0.837. The van der Waals surface area contributed by atoms with E-state index in [0.29, 0.717) is 17.8 Å². The Bertz CT molecular complexity index is 824. The van der Waals surface area contributed by atoms with Gasteiger partial charge in [-0.25, -0.2) is 0 Å². The second kappa shape index (κ2) is 6.55. The molecule has 9 atom stereocenters. The Balaban J connectivity index is 1.92. The molecule has 0 unspecified atom stereocenters. The van der Waals surface area contributed by atoms with Crippen molar-refractivity contribution in [2.45, 2.75) is 104 Å². The molecule has 0 aromatic carbocycles. The molecule has 0 radical (unpaired) electrons. The van der Waals surface area contributed by atoms with Crippen LogP contribution >= 0.6 is 0 Å². The van der Waals surface area contributed by atoms with Gasteiger partial charge in [0.15, 0.2) is 14.1 Å². The molecule has 31 heavy (non-hydrogen) atoms. The van der Waals surface area contributed by atoms with Gasteiger partial charge < -0.3 is 14.6 Å². The lowest BCUT2D eigenvalue weighted by atomic mass is 9.55. The van der Waals surface area contributed by atoms with Crippen molar-refractivity contribution in [3.63, 3.8) is 0 Å².